The predicted molar refractivity (Wildman–Crippen MR) is 36.7 cm³/mol. The second-order valence-electron chi connectivity index (χ2n) is 2.01. The zero-order valence-electron chi connectivity index (χ0n) is 5.39. The lowest BCUT2D eigenvalue weighted by atomic mass is 10.2. The lowest BCUT2D eigenvalue weighted by Gasteiger charge is -1.90. The fourth-order valence-corrected chi connectivity index (χ4v) is 0.245. The van der Waals surface area contributed by atoms with Gasteiger partial charge in [0.2, 0.25) is 0 Å². The van der Waals surface area contributed by atoms with E-state index in [0.717, 1.165) is 0 Å². The van der Waals surface area contributed by atoms with Gasteiger partial charge in [-0.25, -0.2) is 4.99 Å². The van der Waals surface area contributed by atoms with Crippen LogP contribution in [0.5, 0.6) is 0 Å². The SMILES string of the molecule is C=C(N)N=CC(C)C. The number of rotatable bonds is 2. The smallest absolute Gasteiger partial charge is 0.115 e. The molecule has 2 nitrogen and oxygen atoms in total. The topological polar surface area (TPSA) is 38.4 Å². The van der Waals surface area contributed by atoms with Crippen LogP contribution in [0, 0.1) is 5.92 Å². The van der Waals surface area contributed by atoms with E-state index in [0.29, 0.717) is 11.7 Å². The van der Waals surface area contributed by atoms with E-state index in [2.05, 4.69) is 11.6 Å². The van der Waals surface area contributed by atoms with Crippen LogP contribution < -0.4 is 5.73 Å². The van der Waals surface area contributed by atoms with Crippen LogP contribution in [0.1, 0.15) is 13.8 Å². The zero-order chi connectivity index (χ0) is 6.57. The van der Waals surface area contributed by atoms with Crippen LogP contribution in [-0.4, -0.2) is 6.21 Å². The van der Waals surface area contributed by atoms with E-state index in [1.54, 1.807) is 6.21 Å². The first-order valence-corrected chi connectivity index (χ1v) is 2.61. The fourth-order valence-electron chi connectivity index (χ4n) is 0.245. The molecule has 2 heteroatoms. The third-order valence-electron chi connectivity index (χ3n) is 0.539. The molecule has 8 heavy (non-hydrogen) atoms. The molecule has 0 aliphatic carbocycles. The molecule has 0 radical (unpaired) electrons. The maximum absolute atomic E-state index is 5.15. The Balaban J connectivity index is 3.50. The summed E-state index contributed by atoms with van der Waals surface area (Å²) < 4.78 is 0. The van der Waals surface area contributed by atoms with Crippen molar-refractivity contribution in [3.8, 4) is 0 Å². The molecule has 0 rings (SSSR count). The Hall–Kier alpha value is -0.790. The first-order valence-electron chi connectivity index (χ1n) is 2.61. The van der Waals surface area contributed by atoms with E-state index in [-0.39, 0.29) is 0 Å². The Morgan fingerprint density at radius 3 is 2.38 bits per heavy atom. The lowest BCUT2D eigenvalue weighted by molar-refractivity contribution is 0.904. The van der Waals surface area contributed by atoms with Gasteiger partial charge >= 0.3 is 0 Å². The van der Waals surface area contributed by atoms with Crippen molar-refractivity contribution in [2.45, 2.75) is 13.8 Å². The van der Waals surface area contributed by atoms with Crippen LogP contribution in [0.3, 0.4) is 0 Å². The van der Waals surface area contributed by atoms with Gasteiger partial charge in [-0.15, -0.1) is 0 Å². The summed E-state index contributed by atoms with van der Waals surface area (Å²) in [4.78, 5) is 3.78. The number of hydrogen-bond donors (Lipinski definition) is 1. The van der Waals surface area contributed by atoms with Crippen molar-refractivity contribution in [1.82, 2.24) is 0 Å². The summed E-state index contributed by atoms with van der Waals surface area (Å²) in [5, 5.41) is 0. The standard InChI is InChI=1S/C6H12N2/c1-5(2)4-8-6(3)7/h4-5H,3,7H2,1-2H3. The van der Waals surface area contributed by atoms with Gasteiger partial charge in [0.05, 0.1) is 0 Å². The molecule has 0 saturated carbocycles. The summed E-state index contributed by atoms with van der Waals surface area (Å²) in [7, 11) is 0. The molecule has 0 aliphatic rings. The van der Waals surface area contributed by atoms with Gasteiger partial charge in [-0.2, -0.15) is 0 Å². The number of hydrogen-bond acceptors (Lipinski definition) is 2. The monoisotopic (exact) mass is 112 g/mol. The molecule has 0 saturated heterocycles. The first kappa shape index (κ1) is 7.21. The number of aliphatic imine (C=N–C) groups is 1. The van der Waals surface area contributed by atoms with Crippen LogP contribution in [0.15, 0.2) is 17.4 Å². The van der Waals surface area contributed by atoms with Gasteiger partial charge in [0.15, 0.2) is 0 Å². The Morgan fingerprint density at radius 2 is 2.25 bits per heavy atom. The summed E-state index contributed by atoms with van der Waals surface area (Å²) in [5.74, 6) is 0.828. The van der Waals surface area contributed by atoms with Crippen molar-refractivity contribution >= 4 is 6.21 Å². The maximum Gasteiger partial charge on any atom is 0.115 e. The third kappa shape index (κ3) is 5.21. The van der Waals surface area contributed by atoms with Crippen molar-refractivity contribution in [2.75, 3.05) is 0 Å². The van der Waals surface area contributed by atoms with Gasteiger partial charge in [-0.1, -0.05) is 20.4 Å². The molecule has 0 atom stereocenters. The maximum atomic E-state index is 5.15. The number of nitrogens with zero attached hydrogens (tertiary/aromatic N) is 1. The van der Waals surface area contributed by atoms with Crippen LogP contribution in [0.25, 0.3) is 0 Å². The summed E-state index contributed by atoms with van der Waals surface area (Å²) in [5.41, 5.74) is 5.15. The molecule has 0 fully saturated rings. The highest BCUT2D eigenvalue weighted by Crippen LogP contribution is 1.86. The molecule has 0 unspecified atom stereocenters. The minimum Gasteiger partial charge on any atom is -0.384 e. The highest BCUT2D eigenvalue weighted by molar-refractivity contribution is 5.60. The molecular weight excluding hydrogens is 100 g/mol. The van der Waals surface area contributed by atoms with Crippen molar-refractivity contribution in [3.05, 3.63) is 12.4 Å². The molecule has 0 aliphatic heterocycles. The van der Waals surface area contributed by atoms with E-state index in [1.807, 2.05) is 13.8 Å². The van der Waals surface area contributed by atoms with Crippen molar-refractivity contribution in [2.24, 2.45) is 16.6 Å². The Kier molecular flexibility index (Phi) is 2.92. The summed E-state index contributed by atoms with van der Waals surface area (Å²) in [6.45, 7) is 7.48. The molecule has 46 valence electrons. The Morgan fingerprint density at radius 1 is 1.75 bits per heavy atom. The van der Waals surface area contributed by atoms with E-state index >= 15 is 0 Å². The van der Waals surface area contributed by atoms with E-state index in [9.17, 15) is 0 Å². The van der Waals surface area contributed by atoms with Crippen LogP contribution in [0.2, 0.25) is 0 Å². The Labute approximate surface area is 50.1 Å². The molecule has 0 heterocycles. The lowest BCUT2D eigenvalue weighted by Crippen LogP contribution is -1.93. The van der Waals surface area contributed by atoms with Gasteiger partial charge in [0.1, 0.15) is 5.82 Å². The van der Waals surface area contributed by atoms with Gasteiger partial charge in [0.25, 0.3) is 0 Å². The average molecular weight is 112 g/mol. The third-order valence-corrected chi connectivity index (χ3v) is 0.539. The van der Waals surface area contributed by atoms with Gasteiger partial charge < -0.3 is 5.73 Å². The normalized spacial score (nSPS) is 10.9. The van der Waals surface area contributed by atoms with Gasteiger partial charge in [0, 0.05) is 6.21 Å². The quantitative estimate of drug-likeness (QED) is 0.534. The Bertz CT molecular complexity index is 103. The fraction of sp³-hybridized carbons (Fsp3) is 0.500. The van der Waals surface area contributed by atoms with Crippen LogP contribution in [0.4, 0.5) is 0 Å². The second kappa shape index (κ2) is 3.24. The van der Waals surface area contributed by atoms with Crippen LogP contribution >= 0.6 is 0 Å². The van der Waals surface area contributed by atoms with Gasteiger partial charge in [-0.05, 0) is 5.92 Å². The van der Waals surface area contributed by atoms with Gasteiger partial charge in [-0.3, -0.25) is 0 Å². The molecular formula is C6H12N2. The van der Waals surface area contributed by atoms with E-state index in [4.69, 9.17) is 5.73 Å². The van der Waals surface area contributed by atoms with E-state index in [1.165, 1.54) is 0 Å². The number of nitrogens with two attached hydrogens (primary N) is 1. The minimum atomic E-state index is 0.374. The highest BCUT2D eigenvalue weighted by Gasteiger charge is 1.82. The second-order valence-corrected chi connectivity index (χ2v) is 2.01. The molecule has 0 spiro atoms. The van der Waals surface area contributed by atoms with Crippen molar-refractivity contribution in [1.29, 1.82) is 0 Å². The minimum absolute atomic E-state index is 0.374. The molecule has 0 aromatic heterocycles. The summed E-state index contributed by atoms with van der Waals surface area (Å²) >= 11 is 0. The van der Waals surface area contributed by atoms with Crippen LogP contribution in [-0.2, 0) is 0 Å². The first-order chi connectivity index (χ1) is 3.63. The largest absolute Gasteiger partial charge is 0.384 e. The highest BCUT2D eigenvalue weighted by atomic mass is 14.9. The molecule has 2 N–H and O–H groups in total. The van der Waals surface area contributed by atoms with Crippen molar-refractivity contribution < 1.29 is 0 Å². The molecule has 0 amide bonds. The molecule has 0 aromatic rings. The predicted octanol–water partition coefficient (Wildman–Crippen LogP) is 1.14. The van der Waals surface area contributed by atoms with Crippen molar-refractivity contribution in [3.63, 3.8) is 0 Å². The average Bonchev–Trinajstić information content (AvgIpc) is 1.61. The molecule has 0 aromatic carbocycles. The summed E-state index contributed by atoms with van der Waals surface area (Å²) in [6, 6.07) is 0. The van der Waals surface area contributed by atoms with E-state index < -0.39 is 0 Å². The zero-order valence-corrected chi connectivity index (χ0v) is 5.39. The summed E-state index contributed by atoms with van der Waals surface area (Å²) in [6.07, 6.45) is 1.77. The molecule has 0 bridgehead atoms.